The number of anilines is 1. The molecule has 0 spiro atoms. The van der Waals surface area contributed by atoms with Gasteiger partial charge in [-0.2, -0.15) is 4.37 Å². The molecule has 4 nitrogen and oxygen atoms in total. The highest BCUT2D eigenvalue weighted by molar-refractivity contribution is 7.09. The molecule has 19 heavy (non-hydrogen) atoms. The molecule has 3 aromatic rings. The van der Waals surface area contributed by atoms with Crippen LogP contribution in [0.3, 0.4) is 0 Å². The third kappa shape index (κ3) is 2.32. The molecule has 0 aliphatic rings. The first-order valence-electron chi connectivity index (χ1n) is 5.83. The van der Waals surface area contributed by atoms with Gasteiger partial charge in [-0.05, 0) is 23.8 Å². The first kappa shape index (κ1) is 11.8. The Labute approximate surface area is 114 Å². The van der Waals surface area contributed by atoms with E-state index in [-0.39, 0.29) is 5.91 Å². The number of nitrogens with one attached hydrogen (secondary N) is 1. The Bertz CT molecular complexity index is 746. The summed E-state index contributed by atoms with van der Waals surface area (Å²) in [7, 11) is 0. The third-order valence-corrected chi connectivity index (χ3v) is 3.50. The van der Waals surface area contributed by atoms with Crippen LogP contribution in [0.15, 0.2) is 42.5 Å². The van der Waals surface area contributed by atoms with Gasteiger partial charge in [0.05, 0.1) is 0 Å². The number of nitrogens with zero attached hydrogens (tertiary/aromatic N) is 2. The number of hydrogen-bond acceptors (Lipinski definition) is 4. The fraction of sp³-hybridized carbons (Fsp3) is 0.0714. The predicted octanol–water partition coefficient (Wildman–Crippen LogP) is 3.25. The minimum absolute atomic E-state index is 0.159. The second-order valence-electron chi connectivity index (χ2n) is 4.13. The molecule has 0 atom stereocenters. The molecule has 1 heterocycles. The van der Waals surface area contributed by atoms with E-state index in [1.807, 2.05) is 42.5 Å². The molecule has 0 aliphatic heterocycles. The van der Waals surface area contributed by atoms with Gasteiger partial charge in [0.1, 0.15) is 5.82 Å². The van der Waals surface area contributed by atoms with Gasteiger partial charge < -0.3 is 0 Å². The molecule has 0 saturated heterocycles. The normalized spacial score (nSPS) is 10.6. The number of aryl methyl sites for hydroxylation is 1. The van der Waals surface area contributed by atoms with Gasteiger partial charge in [0.15, 0.2) is 0 Å². The van der Waals surface area contributed by atoms with Crippen LogP contribution in [0.1, 0.15) is 16.2 Å². The summed E-state index contributed by atoms with van der Waals surface area (Å²) >= 11 is 1.18. The quantitative estimate of drug-likeness (QED) is 0.777. The summed E-state index contributed by atoms with van der Waals surface area (Å²) < 4.78 is 4.04. The Morgan fingerprint density at radius 1 is 1.16 bits per heavy atom. The van der Waals surface area contributed by atoms with Crippen molar-refractivity contribution in [1.29, 1.82) is 0 Å². The van der Waals surface area contributed by atoms with Gasteiger partial charge in [0.25, 0.3) is 5.91 Å². The van der Waals surface area contributed by atoms with Crippen LogP contribution >= 0.6 is 11.5 Å². The lowest BCUT2D eigenvalue weighted by molar-refractivity contribution is 0.102. The first-order chi connectivity index (χ1) is 9.24. The van der Waals surface area contributed by atoms with Gasteiger partial charge in [-0.1, -0.05) is 36.4 Å². The molecule has 5 heteroatoms. The molecular weight excluding hydrogens is 258 g/mol. The molecule has 0 saturated carbocycles. The molecule has 1 amide bonds. The third-order valence-electron chi connectivity index (χ3n) is 2.78. The van der Waals surface area contributed by atoms with E-state index in [1.54, 1.807) is 6.92 Å². The molecule has 0 aliphatic carbocycles. The zero-order chi connectivity index (χ0) is 13.2. The van der Waals surface area contributed by atoms with Crippen LogP contribution in [0.4, 0.5) is 5.13 Å². The van der Waals surface area contributed by atoms with Crippen molar-refractivity contribution in [1.82, 2.24) is 9.36 Å². The molecule has 0 radical (unpaired) electrons. The topological polar surface area (TPSA) is 54.9 Å². The summed E-state index contributed by atoms with van der Waals surface area (Å²) in [6.45, 7) is 1.80. The molecule has 0 fully saturated rings. The summed E-state index contributed by atoms with van der Waals surface area (Å²) in [4.78, 5) is 16.4. The van der Waals surface area contributed by atoms with Crippen LogP contribution < -0.4 is 5.32 Å². The van der Waals surface area contributed by atoms with Crippen molar-refractivity contribution in [2.24, 2.45) is 0 Å². The summed E-state index contributed by atoms with van der Waals surface area (Å²) in [5, 5.41) is 5.28. The minimum atomic E-state index is -0.159. The fourth-order valence-electron chi connectivity index (χ4n) is 1.94. The number of carbonyl (C=O) groups is 1. The highest BCUT2D eigenvalue weighted by Crippen LogP contribution is 2.20. The Morgan fingerprint density at radius 2 is 1.95 bits per heavy atom. The maximum absolute atomic E-state index is 12.3. The average Bonchev–Trinajstić information content (AvgIpc) is 2.83. The van der Waals surface area contributed by atoms with Gasteiger partial charge >= 0.3 is 0 Å². The highest BCUT2D eigenvalue weighted by Gasteiger charge is 2.11. The summed E-state index contributed by atoms with van der Waals surface area (Å²) in [5.41, 5.74) is 0.644. The largest absolute Gasteiger partial charge is 0.297 e. The second-order valence-corrected chi connectivity index (χ2v) is 4.88. The van der Waals surface area contributed by atoms with E-state index < -0.39 is 0 Å². The summed E-state index contributed by atoms with van der Waals surface area (Å²) in [6.07, 6.45) is 0. The van der Waals surface area contributed by atoms with Gasteiger partial charge in [-0.15, -0.1) is 0 Å². The number of amides is 1. The Kier molecular flexibility index (Phi) is 2.97. The van der Waals surface area contributed by atoms with Crippen LogP contribution in [-0.4, -0.2) is 15.3 Å². The lowest BCUT2D eigenvalue weighted by Crippen LogP contribution is -2.12. The van der Waals surface area contributed by atoms with E-state index in [9.17, 15) is 4.79 Å². The summed E-state index contributed by atoms with van der Waals surface area (Å²) in [5.74, 6) is 0.506. The molecule has 1 N–H and O–H groups in total. The van der Waals surface area contributed by atoms with E-state index >= 15 is 0 Å². The van der Waals surface area contributed by atoms with Gasteiger partial charge in [-0.25, -0.2) is 4.98 Å². The molecule has 0 unspecified atom stereocenters. The average molecular weight is 269 g/mol. The van der Waals surface area contributed by atoms with E-state index in [4.69, 9.17) is 0 Å². The number of aromatic nitrogens is 2. The number of hydrogen-bond donors (Lipinski definition) is 1. The lowest BCUT2D eigenvalue weighted by Gasteiger charge is -2.05. The maximum atomic E-state index is 12.3. The number of fused-ring (bicyclic) bond motifs is 1. The molecule has 0 bridgehead atoms. The SMILES string of the molecule is Cc1nsc(NC(=O)c2cccc3ccccc23)n1. The van der Waals surface area contributed by atoms with Crippen molar-refractivity contribution >= 4 is 33.3 Å². The number of rotatable bonds is 2. The maximum Gasteiger partial charge on any atom is 0.258 e. The standard InChI is InChI=1S/C14H11N3OS/c1-9-15-14(19-17-9)16-13(18)12-8-4-6-10-5-2-3-7-11(10)12/h2-8H,1H3,(H,15,16,17,18). The van der Waals surface area contributed by atoms with Crippen molar-refractivity contribution in [3.8, 4) is 0 Å². The van der Waals surface area contributed by atoms with E-state index in [2.05, 4.69) is 14.7 Å². The smallest absolute Gasteiger partial charge is 0.258 e. The van der Waals surface area contributed by atoms with Crippen LogP contribution in [0.2, 0.25) is 0 Å². The lowest BCUT2D eigenvalue weighted by atomic mass is 10.0. The predicted molar refractivity (Wildman–Crippen MR) is 76.5 cm³/mol. The fourth-order valence-corrected chi connectivity index (χ4v) is 2.51. The molecule has 94 valence electrons. The monoisotopic (exact) mass is 269 g/mol. The van der Waals surface area contributed by atoms with Gasteiger partial charge in [0, 0.05) is 17.1 Å². The van der Waals surface area contributed by atoms with E-state index in [1.165, 1.54) is 11.5 Å². The molecule has 1 aromatic heterocycles. The number of benzene rings is 2. The van der Waals surface area contributed by atoms with E-state index in [0.29, 0.717) is 16.5 Å². The minimum Gasteiger partial charge on any atom is -0.297 e. The second kappa shape index (κ2) is 4.78. The Hall–Kier alpha value is -2.27. The van der Waals surface area contributed by atoms with Crippen molar-refractivity contribution in [2.75, 3.05) is 5.32 Å². The first-order valence-corrected chi connectivity index (χ1v) is 6.61. The Morgan fingerprint density at radius 3 is 2.74 bits per heavy atom. The molecule has 2 aromatic carbocycles. The van der Waals surface area contributed by atoms with Crippen molar-refractivity contribution in [3.05, 3.63) is 53.9 Å². The zero-order valence-corrected chi connectivity index (χ0v) is 11.1. The van der Waals surface area contributed by atoms with E-state index in [0.717, 1.165) is 10.8 Å². The van der Waals surface area contributed by atoms with Gasteiger partial charge in [0.2, 0.25) is 5.13 Å². The molecular formula is C14H11N3OS. The van der Waals surface area contributed by atoms with Crippen molar-refractivity contribution in [2.45, 2.75) is 6.92 Å². The van der Waals surface area contributed by atoms with Crippen molar-refractivity contribution < 1.29 is 4.79 Å². The van der Waals surface area contributed by atoms with Gasteiger partial charge in [-0.3, -0.25) is 10.1 Å². The zero-order valence-electron chi connectivity index (χ0n) is 10.3. The highest BCUT2D eigenvalue weighted by atomic mass is 32.1. The van der Waals surface area contributed by atoms with Crippen LogP contribution in [0.5, 0.6) is 0 Å². The number of carbonyl (C=O) groups excluding carboxylic acids is 1. The van der Waals surface area contributed by atoms with Crippen molar-refractivity contribution in [3.63, 3.8) is 0 Å². The molecule has 3 rings (SSSR count). The van der Waals surface area contributed by atoms with Crippen LogP contribution in [-0.2, 0) is 0 Å². The Balaban J connectivity index is 1.97. The van der Waals surface area contributed by atoms with Crippen LogP contribution in [0, 0.1) is 6.92 Å². The summed E-state index contributed by atoms with van der Waals surface area (Å²) in [6, 6.07) is 13.5. The van der Waals surface area contributed by atoms with Crippen LogP contribution in [0.25, 0.3) is 10.8 Å².